The maximum absolute atomic E-state index is 12.3. The summed E-state index contributed by atoms with van der Waals surface area (Å²) in [5.74, 6) is 0.135. The quantitative estimate of drug-likeness (QED) is 0.780. The monoisotopic (exact) mass is 289 g/mol. The molecule has 0 unspecified atom stereocenters. The molecule has 1 aliphatic rings. The van der Waals surface area contributed by atoms with Crippen LogP contribution in [0.15, 0.2) is 0 Å². The molecule has 0 aromatic heterocycles. The molecule has 1 amide bonds. The summed E-state index contributed by atoms with van der Waals surface area (Å²) in [6, 6.07) is 0.0276. The van der Waals surface area contributed by atoms with Crippen LogP contribution in [0.5, 0.6) is 0 Å². The number of carbonyl (C=O) groups excluding carboxylic acids is 1. The van der Waals surface area contributed by atoms with Crippen molar-refractivity contribution in [1.82, 2.24) is 4.90 Å². The van der Waals surface area contributed by atoms with Gasteiger partial charge in [0.15, 0.2) is 9.84 Å². The molecule has 112 valence electrons. The van der Waals surface area contributed by atoms with E-state index in [1.165, 1.54) is 18.2 Å². The van der Waals surface area contributed by atoms with Crippen molar-refractivity contribution in [3.05, 3.63) is 0 Å². The van der Waals surface area contributed by atoms with Gasteiger partial charge in [-0.2, -0.15) is 0 Å². The van der Waals surface area contributed by atoms with Crippen molar-refractivity contribution >= 4 is 15.7 Å². The first-order valence-electron chi connectivity index (χ1n) is 7.24. The van der Waals surface area contributed by atoms with Crippen molar-refractivity contribution in [3.63, 3.8) is 0 Å². The summed E-state index contributed by atoms with van der Waals surface area (Å²) in [5, 5.41) is -0.915. The van der Waals surface area contributed by atoms with Gasteiger partial charge in [0.25, 0.3) is 0 Å². The number of hydrogen-bond acceptors (Lipinski definition) is 3. The smallest absolute Gasteiger partial charge is 0.240 e. The fourth-order valence-electron chi connectivity index (χ4n) is 2.52. The Morgan fingerprint density at radius 2 is 1.68 bits per heavy atom. The van der Waals surface area contributed by atoms with E-state index in [0.717, 1.165) is 25.7 Å². The van der Waals surface area contributed by atoms with E-state index in [1.54, 1.807) is 7.05 Å². The Bertz CT molecular complexity index is 397. The molecule has 19 heavy (non-hydrogen) atoms. The molecule has 4 nitrogen and oxygen atoms in total. The topological polar surface area (TPSA) is 54.5 Å². The highest BCUT2D eigenvalue weighted by Gasteiger charge is 2.33. The number of carbonyl (C=O) groups is 1. The predicted octanol–water partition coefficient (Wildman–Crippen LogP) is 2.24. The fraction of sp³-hybridized carbons (Fsp3) is 0.929. The van der Waals surface area contributed by atoms with Crippen LogP contribution in [0, 0.1) is 5.92 Å². The molecule has 1 saturated carbocycles. The third-order valence-electron chi connectivity index (χ3n) is 4.20. The minimum atomic E-state index is -3.33. The summed E-state index contributed by atoms with van der Waals surface area (Å²) in [7, 11) is -1.66. The molecular formula is C14H27NO3S. The van der Waals surface area contributed by atoms with E-state index in [9.17, 15) is 13.2 Å². The summed E-state index contributed by atoms with van der Waals surface area (Å²) in [5.41, 5.74) is 0. The Kier molecular flexibility index (Phi) is 5.83. The Hall–Kier alpha value is -0.580. The van der Waals surface area contributed by atoms with E-state index >= 15 is 0 Å². The minimum absolute atomic E-state index is 0.0276. The molecule has 0 heterocycles. The molecule has 0 spiro atoms. The molecule has 0 aromatic rings. The highest BCUT2D eigenvalue weighted by atomic mass is 32.2. The molecule has 0 aromatic carbocycles. The molecule has 1 aliphatic carbocycles. The van der Waals surface area contributed by atoms with E-state index < -0.39 is 15.1 Å². The highest BCUT2D eigenvalue weighted by molar-refractivity contribution is 7.92. The first-order valence-corrected chi connectivity index (χ1v) is 8.95. The number of amides is 1. The second-order valence-corrected chi connectivity index (χ2v) is 8.38. The maximum atomic E-state index is 12.3. The summed E-state index contributed by atoms with van der Waals surface area (Å²) < 4.78 is 24.6. The van der Waals surface area contributed by atoms with Gasteiger partial charge in [0, 0.05) is 13.1 Å². The average Bonchev–Trinajstić information content (AvgIpc) is 2.36. The van der Waals surface area contributed by atoms with Gasteiger partial charge in [-0.05, 0) is 39.5 Å². The molecule has 0 radical (unpaired) electrons. The molecule has 0 aliphatic heterocycles. The maximum Gasteiger partial charge on any atom is 0.240 e. The lowest BCUT2D eigenvalue weighted by molar-refractivity contribution is -0.130. The molecule has 0 saturated heterocycles. The van der Waals surface area contributed by atoms with Gasteiger partial charge in [0.05, 0.1) is 5.75 Å². The second-order valence-electron chi connectivity index (χ2n) is 6.02. The van der Waals surface area contributed by atoms with Crippen LogP contribution in [0.4, 0.5) is 0 Å². The second kappa shape index (κ2) is 6.73. The van der Waals surface area contributed by atoms with E-state index in [2.05, 4.69) is 0 Å². The number of nitrogens with zero attached hydrogens (tertiary/aromatic N) is 1. The van der Waals surface area contributed by atoms with Gasteiger partial charge in [0.2, 0.25) is 5.91 Å². The van der Waals surface area contributed by atoms with Crippen molar-refractivity contribution in [1.29, 1.82) is 0 Å². The van der Waals surface area contributed by atoms with Gasteiger partial charge >= 0.3 is 0 Å². The average molecular weight is 289 g/mol. The third kappa shape index (κ3) is 4.48. The zero-order valence-electron chi connectivity index (χ0n) is 12.6. The standard InChI is InChI=1S/C14H27NO3S/c1-11(2)15(4)14(16)12(3)19(17,18)10-13-8-6-5-7-9-13/h11-13H,5-10H2,1-4H3/t12-/m1/s1. The SMILES string of the molecule is CC(C)N(C)C(=O)[C@@H](C)S(=O)(=O)CC1CCCCC1. The Balaban J connectivity index is 2.67. The van der Waals surface area contributed by atoms with E-state index in [-0.39, 0.29) is 23.6 Å². The van der Waals surface area contributed by atoms with Crippen molar-refractivity contribution in [2.45, 2.75) is 64.2 Å². The molecule has 1 fully saturated rings. The van der Waals surface area contributed by atoms with E-state index in [4.69, 9.17) is 0 Å². The summed E-state index contributed by atoms with van der Waals surface area (Å²) in [6.45, 7) is 5.30. The Morgan fingerprint density at radius 1 is 1.16 bits per heavy atom. The van der Waals surface area contributed by atoms with Gasteiger partial charge in [-0.1, -0.05) is 19.3 Å². The third-order valence-corrected chi connectivity index (χ3v) is 6.42. The Labute approximate surface area is 117 Å². The summed E-state index contributed by atoms with van der Waals surface area (Å²) in [6.07, 6.45) is 5.42. The van der Waals surface area contributed by atoms with Crippen molar-refractivity contribution in [2.75, 3.05) is 12.8 Å². The molecular weight excluding hydrogens is 262 g/mol. The lowest BCUT2D eigenvalue weighted by atomic mass is 9.91. The molecule has 1 atom stereocenters. The van der Waals surface area contributed by atoms with E-state index in [1.807, 2.05) is 13.8 Å². The predicted molar refractivity (Wildman–Crippen MR) is 77.7 cm³/mol. The lowest BCUT2D eigenvalue weighted by Gasteiger charge is -2.27. The highest BCUT2D eigenvalue weighted by Crippen LogP contribution is 2.26. The molecule has 1 rings (SSSR count). The zero-order chi connectivity index (χ0) is 14.6. The van der Waals surface area contributed by atoms with Crippen LogP contribution in [0.1, 0.15) is 52.9 Å². The summed E-state index contributed by atoms with van der Waals surface area (Å²) in [4.78, 5) is 13.6. The van der Waals surface area contributed by atoms with Crippen LogP contribution in [0.2, 0.25) is 0 Å². The van der Waals surface area contributed by atoms with Crippen LogP contribution >= 0.6 is 0 Å². The fourth-order valence-corrected chi connectivity index (χ4v) is 4.27. The van der Waals surface area contributed by atoms with Gasteiger partial charge in [-0.15, -0.1) is 0 Å². The van der Waals surface area contributed by atoms with Crippen LogP contribution in [-0.4, -0.2) is 43.3 Å². The molecule has 0 bridgehead atoms. The zero-order valence-corrected chi connectivity index (χ0v) is 13.4. The van der Waals surface area contributed by atoms with E-state index in [0.29, 0.717) is 0 Å². The first-order chi connectivity index (χ1) is 8.75. The lowest BCUT2D eigenvalue weighted by Crippen LogP contribution is -2.44. The van der Waals surface area contributed by atoms with Gasteiger partial charge < -0.3 is 4.90 Å². The van der Waals surface area contributed by atoms with Gasteiger partial charge in [-0.25, -0.2) is 8.42 Å². The molecule has 0 N–H and O–H groups in total. The summed E-state index contributed by atoms with van der Waals surface area (Å²) >= 11 is 0. The van der Waals surface area contributed by atoms with Gasteiger partial charge in [-0.3, -0.25) is 4.79 Å². The normalized spacial score (nSPS) is 19.4. The van der Waals surface area contributed by atoms with Crippen LogP contribution in [-0.2, 0) is 14.6 Å². The number of rotatable bonds is 5. The largest absolute Gasteiger partial charge is 0.342 e. The van der Waals surface area contributed by atoms with Crippen LogP contribution in [0.3, 0.4) is 0 Å². The first kappa shape index (κ1) is 16.5. The minimum Gasteiger partial charge on any atom is -0.342 e. The number of hydrogen-bond donors (Lipinski definition) is 0. The van der Waals surface area contributed by atoms with Crippen molar-refractivity contribution in [2.24, 2.45) is 5.92 Å². The molecule has 5 heteroatoms. The van der Waals surface area contributed by atoms with Crippen molar-refractivity contribution in [3.8, 4) is 0 Å². The number of sulfone groups is 1. The van der Waals surface area contributed by atoms with Crippen molar-refractivity contribution < 1.29 is 13.2 Å². The van der Waals surface area contributed by atoms with Crippen LogP contribution in [0.25, 0.3) is 0 Å². The Morgan fingerprint density at radius 3 is 2.16 bits per heavy atom. The van der Waals surface area contributed by atoms with Crippen LogP contribution < -0.4 is 0 Å². The van der Waals surface area contributed by atoms with Gasteiger partial charge in [0.1, 0.15) is 5.25 Å².